The van der Waals surface area contributed by atoms with Gasteiger partial charge in [0.2, 0.25) is 0 Å². The Morgan fingerprint density at radius 3 is 2.60 bits per heavy atom. The normalized spacial score (nSPS) is 19.7. The number of nitrogens with one attached hydrogen (secondary N) is 1. The third kappa shape index (κ3) is 3.34. The molecule has 4 aromatic rings. The molecule has 0 amide bonds. The number of piperazine rings is 1. The summed E-state index contributed by atoms with van der Waals surface area (Å²) in [7, 11) is 0. The van der Waals surface area contributed by atoms with Crippen LogP contribution < -0.4 is 15.8 Å². The van der Waals surface area contributed by atoms with Gasteiger partial charge in [-0.25, -0.2) is 9.97 Å². The van der Waals surface area contributed by atoms with Gasteiger partial charge in [-0.1, -0.05) is 11.6 Å². The molecule has 1 N–H and O–H groups in total. The van der Waals surface area contributed by atoms with Gasteiger partial charge in [0.15, 0.2) is 5.65 Å². The Balaban J connectivity index is 1.57. The van der Waals surface area contributed by atoms with Gasteiger partial charge in [0.25, 0.3) is 5.56 Å². The van der Waals surface area contributed by atoms with Gasteiger partial charge in [-0.3, -0.25) is 9.20 Å². The highest BCUT2D eigenvalue weighted by Gasteiger charge is 2.21. The average Bonchev–Trinajstić information content (AvgIpc) is 3.08. The molecule has 1 fully saturated rings. The fourth-order valence-corrected chi connectivity index (χ4v) is 4.54. The van der Waals surface area contributed by atoms with Crippen LogP contribution in [0.5, 0.6) is 0 Å². The lowest BCUT2D eigenvalue weighted by molar-refractivity contribution is 0.407. The third-order valence-electron chi connectivity index (χ3n) is 5.49. The van der Waals surface area contributed by atoms with E-state index in [1.54, 1.807) is 16.5 Å². The number of aryl methyl sites for hydroxylation is 1. The molecule has 2 atom stereocenters. The number of pyridine rings is 2. The number of fused-ring (bicyclic) bond motifs is 2. The first-order valence-electron chi connectivity index (χ1n) is 10.1. The number of aromatic nitrogens is 4. The number of hydrogen-bond donors (Lipinski definition) is 1. The fraction of sp³-hybridized carbons (Fsp3) is 0.318. The second kappa shape index (κ2) is 7.11. The molecule has 0 radical (unpaired) electrons. The van der Waals surface area contributed by atoms with E-state index in [-0.39, 0.29) is 5.56 Å². The molecule has 30 heavy (non-hydrogen) atoms. The van der Waals surface area contributed by atoms with Crippen LogP contribution in [0.25, 0.3) is 22.6 Å². The maximum Gasteiger partial charge on any atom is 0.258 e. The van der Waals surface area contributed by atoms with E-state index in [1.807, 2.05) is 42.0 Å². The topological polar surface area (TPSA) is 66.9 Å². The summed E-state index contributed by atoms with van der Waals surface area (Å²) in [5.41, 5.74) is 4.45. The standard InChI is InChI=1S/C22H23ClN6O/c1-13-8-27(9-14(2)24-13)17-4-5-20-26-19(7-21(30)29(20)12-17)16-6-18(23)22-25-15(3)10-28(22)11-16/h4-7,10-14,24H,8-9H2,1-3H3/t13-,14+. The van der Waals surface area contributed by atoms with Crippen LogP contribution in [0, 0.1) is 6.92 Å². The lowest BCUT2D eigenvalue weighted by Gasteiger charge is -2.37. The molecule has 0 aliphatic carbocycles. The van der Waals surface area contributed by atoms with Crippen LogP contribution in [0.2, 0.25) is 5.02 Å². The van der Waals surface area contributed by atoms with E-state index in [9.17, 15) is 4.79 Å². The van der Waals surface area contributed by atoms with Crippen LogP contribution in [0.3, 0.4) is 0 Å². The summed E-state index contributed by atoms with van der Waals surface area (Å²) in [5, 5.41) is 4.06. The number of imidazole rings is 1. The number of rotatable bonds is 2. The molecule has 8 heteroatoms. The highest BCUT2D eigenvalue weighted by Crippen LogP contribution is 2.25. The Hall–Kier alpha value is -2.90. The number of halogens is 1. The Morgan fingerprint density at radius 2 is 1.83 bits per heavy atom. The van der Waals surface area contributed by atoms with Crippen LogP contribution in [0.4, 0.5) is 5.69 Å². The van der Waals surface area contributed by atoms with Crippen molar-refractivity contribution in [3.05, 3.63) is 63.9 Å². The van der Waals surface area contributed by atoms with Crippen LogP contribution in [-0.4, -0.2) is 43.9 Å². The van der Waals surface area contributed by atoms with Gasteiger partial charge in [-0.05, 0) is 39.0 Å². The van der Waals surface area contributed by atoms with Crippen molar-refractivity contribution < 1.29 is 0 Å². The Bertz CT molecular complexity index is 1320. The van der Waals surface area contributed by atoms with Crippen molar-refractivity contribution in [1.29, 1.82) is 0 Å². The number of anilines is 1. The van der Waals surface area contributed by atoms with E-state index in [1.165, 1.54) is 0 Å². The molecule has 1 saturated heterocycles. The Labute approximate surface area is 178 Å². The minimum Gasteiger partial charge on any atom is -0.367 e. The number of hydrogen-bond acceptors (Lipinski definition) is 5. The van der Waals surface area contributed by atoms with E-state index in [4.69, 9.17) is 16.6 Å². The molecule has 5 rings (SSSR count). The van der Waals surface area contributed by atoms with E-state index in [0.717, 1.165) is 30.0 Å². The summed E-state index contributed by atoms with van der Waals surface area (Å²) < 4.78 is 3.48. The summed E-state index contributed by atoms with van der Waals surface area (Å²) in [6.45, 7) is 8.07. The quantitative estimate of drug-likeness (QED) is 0.537. The first kappa shape index (κ1) is 19.1. The van der Waals surface area contributed by atoms with Gasteiger partial charge >= 0.3 is 0 Å². The Morgan fingerprint density at radius 1 is 1.07 bits per heavy atom. The summed E-state index contributed by atoms with van der Waals surface area (Å²) in [5.74, 6) is 0. The zero-order valence-electron chi connectivity index (χ0n) is 17.1. The van der Waals surface area contributed by atoms with Crippen molar-refractivity contribution >= 4 is 28.6 Å². The number of nitrogens with zero attached hydrogens (tertiary/aromatic N) is 5. The van der Waals surface area contributed by atoms with Crippen LogP contribution in [-0.2, 0) is 0 Å². The summed E-state index contributed by atoms with van der Waals surface area (Å²) in [4.78, 5) is 24.4. The minimum absolute atomic E-state index is 0.119. The molecule has 4 aromatic heterocycles. The van der Waals surface area contributed by atoms with Gasteiger partial charge in [0, 0.05) is 55.4 Å². The molecule has 5 heterocycles. The highest BCUT2D eigenvalue weighted by molar-refractivity contribution is 6.33. The van der Waals surface area contributed by atoms with Gasteiger partial charge in [-0.15, -0.1) is 0 Å². The van der Waals surface area contributed by atoms with Gasteiger partial charge in [0.05, 0.1) is 22.1 Å². The maximum absolute atomic E-state index is 12.9. The zero-order valence-corrected chi connectivity index (χ0v) is 17.9. The summed E-state index contributed by atoms with van der Waals surface area (Å²) in [6, 6.07) is 8.09. The first-order valence-corrected chi connectivity index (χ1v) is 10.4. The van der Waals surface area contributed by atoms with Gasteiger partial charge < -0.3 is 14.6 Å². The molecular weight excluding hydrogens is 400 g/mol. The van der Waals surface area contributed by atoms with E-state index < -0.39 is 0 Å². The van der Waals surface area contributed by atoms with E-state index in [2.05, 4.69) is 29.0 Å². The van der Waals surface area contributed by atoms with Crippen molar-refractivity contribution in [2.75, 3.05) is 18.0 Å². The molecule has 0 saturated carbocycles. The fourth-order valence-electron chi connectivity index (χ4n) is 4.28. The lowest BCUT2D eigenvalue weighted by Crippen LogP contribution is -2.54. The monoisotopic (exact) mass is 422 g/mol. The molecule has 0 bridgehead atoms. The molecule has 0 spiro atoms. The molecule has 1 aliphatic rings. The largest absolute Gasteiger partial charge is 0.367 e. The molecule has 7 nitrogen and oxygen atoms in total. The third-order valence-corrected chi connectivity index (χ3v) is 5.77. The molecule has 1 aliphatic heterocycles. The Kier molecular flexibility index (Phi) is 4.52. The molecule has 0 unspecified atom stereocenters. The van der Waals surface area contributed by atoms with Crippen molar-refractivity contribution in [2.45, 2.75) is 32.9 Å². The van der Waals surface area contributed by atoms with E-state index >= 15 is 0 Å². The van der Waals surface area contributed by atoms with E-state index in [0.29, 0.717) is 34.1 Å². The predicted molar refractivity (Wildman–Crippen MR) is 120 cm³/mol. The van der Waals surface area contributed by atoms with Crippen molar-refractivity contribution in [3.63, 3.8) is 0 Å². The lowest BCUT2D eigenvalue weighted by atomic mass is 10.1. The van der Waals surface area contributed by atoms with Crippen LogP contribution in [0.15, 0.2) is 47.7 Å². The summed E-state index contributed by atoms with van der Waals surface area (Å²) in [6.07, 6.45) is 5.69. The zero-order chi connectivity index (χ0) is 21.0. The predicted octanol–water partition coefficient (Wildman–Crippen LogP) is 3.16. The minimum atomic E-state index is -0.119. The van der Waals surface area contributed by atoms with Gasteiger partial charge in [0.1, 0.15) is 5.65 Å². The average molecular weight is 423 g/mol. The smallest absolute Gasteiger partial charge is 0.258 e. The second-order valence-electron chi connectivity index (χ2n) is 8.16. The van der Waals surface area contributed by atoms with Crippen molar-refractivity contribution in [1.82, 2.24) is 24.1 Å². The van der Waals surface area contributed by atoms with Crippen molar-refractivity contribution in [2.24, 2.45) is 0 Å². The maximum atomic E-state index is 12.9. The second-order valence-corrected chi connectivity index (χ2v) is 8.57. The molecular formula is C22H23ClN6O. The van der Waals surface area contributed by atoms with Crippen LogP contribution >= 0.6 is 11.6 Å². The highest BCUT2D eigenvalue weighted by atomic mass is 35.5. The SMILES string of the molecule is Cc1cn2cc(-c3cc(=O)n4cc(N5C[C@@H](C)N[C@@H](C)C5)ccc4n3)cc(Cl)c2n1. The molecule has 154 valence electrons. The van der Waals surface area contributed by atoms with Crippen molar-refractivity contribution in [3.8, 4) is 11.3 Å². The van der Waals surface area contributed by atoms with Gasteiger partial charge in [-0.2, -0.15) is 0 Å². The summed E-state index contributed by atoms with van der Waals surface area (Å²) >= 11 is 6.41. The first-order chi connectivity index (χ1) is 14.4. The van der Waals surface area contributed by atoms with Crippen LogP contribution in [0.1, 0.15) is 19.5 Å². The molecule has 0 aromatic carbocycles.